The molecule has 0 fully saturated rings. The van der Waals surface area contributed by atoms with Crippen LogP contribution in [0.25, 0.3) is 11.1 Å². The lowest BCUT2D eigenvalue weighted by Crippen LogP contribution is -2.17. The Morgan fingerprint density at radius 3 is 1.27 bits per heavy atom. The zero-order valence-corrected chi connectivity index (χ0v) is 26.5. The molecule has 0 aromatic heterocycles. The molecular formula is C42H37FN2. The highest BCUT2D eigenvalue weighted by molar-refractivity contribution is 5.88. The summed E-state index contributed by atoms with van der Waals surface area (Å²) in [5.41, 5.74) is 14.9. The molecule has 0 heterocycles. The first-order valence-electron chi connectivity index (χ1n) is 15.5. The van der Waals surface area contributed by atoms with Crippen molar-refractivity contribution < 1.29 is 4.39 Å². The average Bonchev–Trinajstić information content (AvgIpc) is 3.25. The first kappa shape index (κ1) is 28.6. The highest BCUT2D eigenvalue weighted by Crippen LogP contribution is 2.52. The van der Waals surface area contributed by atoms with Crippen LogP contribution in [0.2, 0.25) is 0 Å². The van der Waals surface area contributed by atoms with Gasteiger partial charge < -0.3 is 9.80 Å². The summed E-state index contributed by atoms with van der Waals surface area (Å²) in [5.74, 6) is -0.241. The van der Waals surface area contributed by atoms with Gasteiger partial charge in [-0.3, -0.25) is 0 Å². The van der Waals surface area contributed by atoms with Crippen LogP contribution in [0.3, 0.4) is 0 Å². The molecule has 1 aliphatic carbocycles. The summed E-state index contributed by atoms with van der Waals surface area (Å²) in [4.78, 5) is 4.57. The number of halogens is 1. The van der Waals surface area contributed by atoms with Crippen molar-refractivity contribution in [3.05, 3.63) is 167 Å². The van der Waals surface area contributed by atoms with Gasteiger partial charge in [-0.2, -0.15) is 0 Å². The summed E-state index contributed by atoms with van der Waals surface area (Å²) >= 11 is 0. The lowest BCUT2D eigenvalue weighted by molar-refractivity contribution is 0.628. The Bertz CT molecular complexity index is 1880. The van der Waals surface area contributed by atoms with Gasteiger partial charge in [0, 0.05) is 39.5 Å². The highest BCUT2D eigenvalue weighted by atomic mass is 19.1. The summed E-state index contributed by atoms with van der Waals surface area (Å²) in [7, 11) is 0. The van der Waals surface area contributed by atoms with E-state index in [0.29, 0.717) is 0 Å². The minimum Gasteiger partial charge on any atom is -0.310 e. The van der Waals surface area contributed by atoms with Crippen LogP contribution in [0, 0.1) is 26.6 Å². The molecule has 0 radical (unpaired) electrons. The Morgan fingerprint density at radius 1 is 0.422 bits per heavy atom. The summed E-state index contributed by atoms with van der Waals surface area (Å²) in [5, 5.41) is 0. The lowest BCUT2D eigenvalue weighted by Gasteiger charge is -2.29. The minimum absolute atomic E-state index is 0.233. The molecular weight excluding hydrogens is 551 g/mol. The van der Waals surface area contributed by atoms with Crippen molar-refractivity contribution in [1.29, 1.82) is 0 Å². The Labute approximate surface area is 266 Å². The fourth-order valence-electron chi connectivity index (χ4n) is 6.70. The second-order valence-corrected chi connectivity index (χ2v) is 12.7. The largest absolute Gasteiger partial charge is 0.310 e. The quantitative estimate of drug-likeness (QED) is 0.191. The van der Waals surface area contributed by atoms with E-state index >= 15 is 0 Å². The molecule has 7 rings (SSSR count). The van der Waals surface area contributed by atoms with Crippen molar-refractivity contribution in [3.8, 4) is 11.1 Å². The van der Waals surface area contributed by atoms with E-state index < -0.39 is 0 Å². The highest BCUT2D eigenvalue weighted by Gasteiger charge is 2.37. The standard InChI is InChI=1S/C42H37FN2/c1-28-12-16-32(17-13-28)44(34-10-6-8-29(2)24-34)36-20-22-38-39-23-21-37(27-41(39)42(4,5)40(38)26-36)45(33-18-14-31(43)15-19-33)35-11-7-9-30(3)25-35/h6-27H,1-5H3. The number of nitrogens with zero attached hydrogens (tertiary/aromatic N) is 2. The van der Waals surface area contributed by atoms with Crippen LogP contribution >= 0.6 is 0 Å². The number of fused-ring (bicyclic) bond motifs is 3. The van der Waals surface area contributed by atoms with Crippen LogP contribution in [-0.2, 0) is 5.41 Å². The van der Waals surface area contributed by atoms with Gasteiger partial charge in [0.2, 0.25) is 0 Å². The smallest absolute Gasteiger partial charge is 0.123 e. The van der Waals surface area contributed by atoms with Crippen LogP contribution in [0.15, 0.2) is 133 Å². The summed E-state index contributed by atoms with van der Waals surface area (Å²) in [6.07, 6.45) is 0. The third-order valence-electron chi connectivity index (χ3n) is 9.06. The van der Waals surface area contributed by atoms with Gasteiger partial charge >= 0.3 is 0 Å². The molecule has 222 valence electrons. The number of rotatable bonds is 6. The molecule has 1 aliphatic rings. The normalized spacial score (nSPS) is 12.8. The Hall–Kier alpha value is -5.15. The van der Waals surface area contributed by atoms with Crippen molar-refractivity contribution in [3.63, 3.8) is 0 Å². The summed E-state index contributed by atoms with van der Waals surface area (Å²) in [6.45, 7) is 11.0. The third kappa shape index (κ3) is 5.19. The Kier molecular flexibility index (Phi) is 7.05. The Balaban J connectivity index is 1.34. The van der Waals surface area contributed by atoms with Crippen molar-refractivity contribution >= 4 is 34.1 Å². The summed E-state index contributed by atoms with van der Waals surface area (Å²) in [6, 6.07) is 46.3. The monoisotopic (exact) mass is 588 g/mol. The van der Waals surface area contributed by atoms with E-state index in [-0.39, 0.29) is 11.2 Å². The molecule has 0 atom stereocenters. The lowest BCUT2D eigenvalue weighted by atomic mass is 9.82. The van der Waals surface area contributed by atoms with Crippen molar-refractivity contribution in [2.24, 2.45) is 0 Å². The van der Waals surface area contributed by atoms with Gasteiger partial charge in [0.05, 0.1) is 0 Å². The van der Waals surface area contributed by atoms with Crippen LogP contribution in [-0.4, -0.2) is 0 Å². The van der Waals surface area contributed by atoms with Gasteiger partial charge in [-0.1, -0.05) is 67.9 Å². The fraction of sp³-hybridized carbons (Fsp3) is 0.143. The minimum atomic E-state index is -0.241. The molecule has 0 saturated carbocycles. The molecule has 0 N–H and O–H groups in total. The maximum atomic E-state index is 14.0. The zero-order chi connectivity index (χ0) is 31.3. The summed E-state index contributed by atoms with van der Waals surface area (Å²) < 4.78 is 14.0. The van der Waals surface area contributed by atoms with Gasteiger partial charge in [0.25, 0.3) is 0 Å². The van der Waals surface area contributed by atoms with E-state index in [4.69, 9.17) is 0 Å². The molecule has 0 aliphatic heterocycles. The number of hydrogen-bond donors (Lipinski definition) is 0. The van der Waals surface area contributed by atoms with Crippen LogP contribution in [0.5, 0.6) is 0 Å². The van der Waals surface area contributed by atoms with Gasteiger partial charge in [-0.15, -0.1) is 0 Å². The molecule has 6 aromatic rings. The van der Waals surface area contributed by atoms with Crippen LogP contribution < -0.4 is 9.80 Å². The molecule has 0 spiro atoms. The van der Waals surface area contributed by atoms with Gasteiger partial charge in [0.1, 0.15) is 5.82 Å². The molecule has 6 aromatic carbocycles. The second-order valence-electron chi connectivity index (χ2n) is 12.7. The SMILES string of the molecule is Cc1ccc(N(c2cccc(C)c2)c2ccc3c(c2)C(C)(C)c2cc(N(c4ccc(F)cc4)c4cccc(C)c4)ccc2-3)cc1. The predicted octanol–water partition coefficient (Wildman–Crippen LogP) is 12.0. The fourth-order valence-corrected chi connectivity index (χ4v) is 6.70. The van der Waals surface area contributed by atoms with Crippen LogP contribution in [0.4, 0.5) is 38.5 Å². The van der Waals surface area contributed by atoms with E-state index in [1.54, 1.807) is 0 Å². The van der Waals surface area contributed by atoms with Crippen molar-refractivity contribution in [2.75, 3.05) is 9.80 Å². The van der Waals surface area contributed by atoms with Gasteiger partial charge in [-0.05, 0) is 139 Å². The van der Waals surface area contributed by atoms with Crippen molar-refractivity contribution in [1.82, 2.24) is 0 Å². The average molecular weight is 589 g/mol. The van der Waals surface area contributed by atoms with E-state index in [1.165, 1.54) is 51.1 Å². The number of aryl methyl sites for hydroxylation is 3. The maximum Gasteiger partial charge on any atom is 0.123 e. The number of anilines is 6. The number of benzene rings is 6. The molecule has 0 saturated heterocycles. The predicted molar refractivity (Wildman–Crippen MR) is 188 cm³/mol. The van der Waals surface area contributed by atoms with E-state index in [2.05, 4.69) is 154 Å². The van der Waals surface area contributed by atoms with Gasteiger partial charge in [-0.25, -0.2) is 4.39 Å². The zero-order valence-electron chi connectivity index (χ0n) is 26.5. The third-order valence-corrected chi connectivity index (χ3v) is 9.06. The molecule has 0 amide bonds. The topological polar surface area (TPSA) is 6.48 Å². The Morgan fingerprint density at radius 2 is 0.822 bits per heavy atom. The van der Waals surface area contributed by atoms with Crippen LogP contribution in [0.1, 0.15) is 41.7 Å². The van der Waals surface area contributed by atoms with E-state index in [0.717, 1.165) is 34.1 Å². The molecule has 45 heavy (non-hydrogen) atoms. The number of hydrogen-bond acceptors (Lipinski definition) is 2. The first-order chi connectivity index (χ1) is 21.7. The molecule has 3 heteroatoms. The molecule has 2 nitrogen and oxygen atoms in total. The first-order valence-corrected chi connectivity index (χ1v) is 15.5. The van der Waals surface area contributed by atoms with Gasteiger partial charge in [0.15, 0.2) is 0 Å². The molecule has 0 bridgehead atoms. The van der Waals surface area contributed by atoms with E-state index in [9.17, 15) is 4.39 Å². The van der Waals surface area contributed by atoms with E-state index in [1.807, 2.05) is 12.1 Å². The molecule has 0 unspecified atom stereocenters. The second kappa shape index (κ2) is 11.1. The van der Waals surface area contributed by atoms with Crippen molar-refractivity contribution in [2.45, 2.75) is 40.0 Å². The maximum absolute atomic E-state index is 14.0.